The minimum Gasteiger partial charge on any atom is -0.309 e. The van der Waals surface area contributed by atoms with Crippen molar-refractivity contribution in [3.05, 3.63) is 70.3 Å². The summed E-state index contributed by atoms with van der Waals surface area (Å²) in [5.41, 5.74) is 6.97. The molecule has 0 amide bonds. The molecule has 2 aromatic carbocycles. The fourth-order valence-corrected chi connectivity index (χ4v) is 3.01. The van der Waals surface area contributed by atoms with Crippen LogP contribution in [0.15, 0.2) is 42.5 Å². The van der Waals surface area contributed by atoms with Gasteiger partial charge in [0.2, 0.25) is 0 Å². The van der Waals surface area contributed by atoms with Crippen molar-refractivity contribution in [2.24, 2.45) is 0 Å². The van der Waals surface area contributed by atoms with E-state index in [0.29, 0.717) is 5.88 Å². The summed E-state index contributed by atoms with van der Waals surface area (Å²) < 4.78 is 0. The van der Waals surface area contributed by atoms with Gasteiger partial charge in [-0.1, -0.05) is 42.5 Å². The van der Waals surface area contributed by atoms with Crippen molar-refractivity contribution >= 4 is 11.6 Å². The lowest BCUT2D eigenvalue weighted by Crippen LogP contribution is -2.12. The standard InChI is InChI=1S/C18H20ClN/c19-11-14-4-6-15(7-5-14)12-20-13-16-8-9-17-2-1-3-18(17)10-16/h4-10,20H,1-3,11-13H2. The molecule has 0 fully saturated rings. The highest BCUT2D eigenvalue weighted by atomic mass is 35.5. The van der Waals surface area contributed by atoms with Gasteiger partial charge in [0.15, 0.2) is 0 Å². The number of hydrogen-bond acceptors (Lipinski definition) is 1. The molecular weight excluding hydrogens is 266 g/mol. The molecule has 1 aliphatic rings. The van der Waals surface area contributed by atoms with E-state index in [1.54, 1.807) is 11.1 Å². The van der Waals surface area contributed by atoms with Crippen LogP contribution >= 0.6 is 11.6 Å². The monoisotopic (exact) mass is 285 g/mol. The summed E-state index contributed by atoms with van der Waals surface area (Å²) in [7, 11) is 0. The summed E-state index contributed by atoms with van der Waals surface area (Å²) in [6, 6.07) is 15.4. The molecule has 2 aromatic rings. The summed E-state index contributed by atoms with van der Waals surface area (Å²) in [5.74, 6) is 0.586. The molecule has 2 heteroatoms. The first-order chi connectivity index (χ1) is 9.85. The van der Waals surface area contributed by atoms with Gasteiger partial charge in [0, 0.05) is 19.0 Å². The molecule has 1 aliphatic carbocycles. The summed E-state index contributed by atoms with van der Waals surface area (Å²) in [4.78, 5) is 0. The molecule has 104 valence electrons. The Hall–Kier alpha value is -1.31. The number of alkyl halides is 1. The molecule has 0 aromatic heterocycles. The number of aryl methyl sites for hydroxylation is 2. The Morgan fingerprint density at radius 1 is 0.800 bits per heavy atom. The Labute approximate surface area is 126 Å². The fraction of sp³-hybridized carbons (Fsp3) is 0.333. The normalized spacial score (nSPS) is 13.4. The second-order valence-corrected chi connectivity index (χ2v) is 5.78. The maximum absolute atomic E-state index is 5.79. The molecule has 1 N–H and O–H groups in total. The summed E-state index contributed by atoms with van der Waals surface area (Å²) >= 11 is 5.79. The van der Waals surface area contributed by atoms with Crippen molar-refractivity contribution in [3.63, 3.8) is 0 Å². The van der Waals surface area contributed by atoms with Crippen LogP contribution in [0.1, 0.15) is 34.2 Å². The van der Waals surface area contributed by atoms with Gasteiger partial charge in [-0.2, -0.15) is 0 Å². The number of benzene rings is 2. The first-order valence-corrected chi connectivity index (χ1v) is 7.84. The number of hydrogen-bond donors (Lipinski definition) is 1. The van der Waals surface area contributed by atoms with E-state index in [9.17, 15) is 0 Å². The van der Waals surface area contributed by atoms with Crippen molar-refractivity contribution in [3.8, 4) is 0 Å². The van der Waals surface area contributed by atoms with Crippen LogP contribution in [0.25, 0.3) is 0 Å². The van der Waals surface area contributed by atoms with Crippen LogP contribution in [0.3, 0.4) is 0 Å². The lowest BCUT2D eigenvalue weighted by Gasteiger charge is -2.08. The predicted octanol–water partition coefficient (Wildman–Crippen LogP) is 4.20. The van der Waals surface area contributed by atoms with Crippen molar-refractivity contribution in [1.29, 1.82) is 0 Å². The van der Waals surface area contributed by atoms with Gasteiger partial charge in [0.05, 0.1) is 0 Å². The molecule has 0 saturated carbocycles. The third-order valence-electron chi connectivity index (χ3n) is 4.00. The van der Waals surface area contributed by atoms with Crippen LogP contribution in [0, 0.1) is 0 Å². The molecule has 20 heavy (non-hydrogen) atoms. The van der Waals surface area contributed by atoms with Gasteiger partial charge in [-0.15, -0.1) is 11.6 Å². The average molecular weight is 286 g/mol. The predicted molar refractivity (Wildman–Crippen MR) is 85.0 cm³/mol. The van der Waals surface area contributed by atoms with Crippen LogP contribution in [-0.2, 0) is 31.8 Å². The molecule has 0 spiro atoms. The maximum atomic E-state index is 5.79. The van der Waals surface area contributed by atoms with Crippen molar-refractivity contribution in [2.45, 2.75) is 38.2 Å². The zero-order chi connectivity index (χ0) is 13.8. The topological polar surface area (TPSA) is 12.0 Å². The van der Waals surface area contributed by atoms with Crippen LogP contribution in [-0.4, -0.2) is 0 Å². The van der Waals surface area contributed by atoms with Crippen molar-refractivity contribution < 1.29 is 0 Å². The highest BCUT2D eigenvalue weighted by Crippen LogP contribution is 2.22. The highest BCUT2D eigenvalue weighted by molar-refractivity contribution is 6.17. The number of nitrogens with one attached hydrogen (secondary N) is 1. The summed E-state index contributed by atoms with van der Waals surface area (Å²) in [6.45, 7) is 1.84. The van der Waals surface area contributed by atoms with Crippen LogP contribution < -0.4 is 5.32 Å². The van der Waals surface area contributed by atoms with E-state index in [-0.39, 0.29) is 0 Å². The molecule has 3 rings (SSSR count). The first-order valence-electron chi connectivity index (χ1n) is 7.30. The molecule has 0 atom stereocenters. The third-order valence-corrected chi connectivity index (χ3v) is 4.31. The SMILES string of the molecule is ClCc1ccc(CNCc2ccc3c(c2)CCC3)cc1. The highest BCUT2D eigenvalue weighted by Gasteiger charge is 2.10. The van der Waals surface area contributed by atoms with Crippen LogP contribution in [0.4, 0.5) is 0 Å². The Balaban J connectivity index is 1.54. The second-order valence-electron chi connectivity index (χ2n) is 5.51. The van der Waals surface area contributed by atoms with Gasteiger partial charge in [-0.25, -0.2) is 0 Å². The van der Waals surface area contributed by atoms with Gasteiger partial charge in [-0.3, -0.25) is 0 Å². The number of fused-ring (bicyclic) bond motifs is 1. The Morgan fingerprint density at radius 2 is 1.45 bits per heavy atom. The molecule has 0 bridgehead atoms. The fourth-order valence-electron chi connectivity index (χ4n) is 2.83. The molecule has 0 unspecified atom stereocenters. The van der Waals surface area contributed by atoms with E-state index in [2.05, 4.69) is 47.8 Å². The summed E-state index contributed by atoms with van der Waals surface area (Å²) in [5, 5.41) is 3.51. The van der Waals surface area contributed by atoms with Gasteiger partial charge in [0.25, 0.3) is 0 Å². The Kier molecular flexibility index (Phi) is 4.39. The van der Waals surface area contributed by atoms with E-state index >= 15 is 0 Å². The molecule has 0 radical (unpaired) electrons. The van der Waals surface area contributed by atoms with E-state index in [1.807, 2.05) is 0 Å². The van der Waals surface area contributed by atoms with Gasteiger partial charge < -0.3 is 5.32 Å². The quantitative estimate of drug-likeness (QED) is 0.812. The van der Waals surface area contributed by atoms with E-state index in [0.717, 1.165) is 13.1 Å². The number of halogens is 1. The first kappa shape index (κ1) is 13.7. The maximum Gasteiger partial charge on any atom is 0.0474 e. The Morgan fingerprint density at radius 3 is 2.25 bits per heavy atom. The largest absolute Gasteiger partial charge is 0.309 e. The molecule has 0 saturated heterocycles. The third kappa shape index (κ3) is 3.23. The molecule has 1 nitrogen and oxygen atoms in total. The van der Waals surface area contributed by atoms with Crippen molar-refractivity contribution in [1.82, 2.24) is 5.32 Å². The van der Waals surface area contributed by atoms with Crippen molar-refractivity contribution in [2.75, 3.05) is 0 Å². The molecule has 0 heterocycles. The minimum atomic E-state index is 0.586. The second kappa shape index (κ2) is 6.43. The zero-order valence-electron chi connectivity index (χ0n) is 11.7. The van der Waals surface area contributed by atoms with Crippen LogP contribution in [0.5, 0.6) is 0 Å². The summed E-state index contributed by atoms with van der Waals surface area (Å²) in [6.07, 6.45) is 3.83. The van der Waals surface area contributed by atoms with Gasteiger partial charge >= 0.3 is 0 Å². The van der Waals surface area contributed by atoms with Gasteiger partial charge in [0.1, 0.15) is 0 Å². The molecular formula is C18H20ClN. The van der Waals surface area contributed by atoms with E-state index in [1.165, 1.54) is 36.0 Å². The zero-order valence-corrected chi connectivity index (χ0v) is 12.4. The molecule has 0 aliphatic heterocycles. The smallest absolute Gasteiger partial charge is 0.0474 e. The lowest BCUT2D eigenvalue weighted by atomic mass is 10.1. The Bertz CT molecular complexity index is 574. The van der Waals surface area contributed by atoms with Gasteiger partial charge in [-0.05, 0) is 47.1 Å². The minimum absolute atomic E-state index is 0.586. The average Bonchev–Trinajstić information content (AvgIpc) is 2.95. The van der Waals surface area contributed by atoms with Crippen LogP contribution in [0.2, 0.25) is 0 Å². The van der Waals surface area contributed by atoms with E-state index in [4.69, 9.17) is 11.6 Å². The van der Waals surface area contributed by atoms with E-state index < -0.39 is 0 Å². The number of rotatable bonds is 5. The lowest BCUT2D eigenvalue weighted by molar-refractivity contribution is 0.692.